The Labute approximate surface area is 87.4 Å². The van der Waals surface area contributed by atoms with Crippen LogP contribution >= 0.6 is 0 Å². The second-order valence-electron chi connectivity index (χ2n) is 4.31. The molecular weight excluding hydrogens is 204 g/mol. The van der Waals surface area contributed by atoms with Crippen LogP contribution in [0.4, 0.5) is 0 Å². The zero-order valence-corrected chi connectivity index (χ0v) is 8.66. The molecule has 2 aliphatic heterocycles. The number of rotatable bonds is 2. The van der Waals surface area contributed by atoms with Gasteiger partial charge in [-0.2, -0.15) is 0 Å². The summed E-state index contributed by atoms with van der Waals surface area (Å²) >= 11 is 0. The molecule has 0 saturated carbocycles. The molecule has 3 N–H and O–H groups in total. The second kappa shape index (κ2) is 3.65. The van der Waals surface area contributed by atoms with Gasteiger partial charge in [0, 0.05) is 0 Å². The van der Waals surface area contributed by atoms with Gasteiger partial charge in [0.2, 0.25) is 0 Å². The lowest BCUT2D eigenvalue weighted by Crippen LogP contribution is -2.42. The molecule has 0 radical (unpaired) electrons. The molecule has 0 unspecified atom stereocenters. The van der Waals surface area contributed by atoms with Crippen molar-refractivity contribution in [1.29, 1.82) is 0 Å². The van der Waals surface area contributed by atoms with Crippen LogP contribution in [0.25, 0.3) is 0 Å². The van der Waals surface area contributed by atoms with Crippen molar-refractivity contribution >= 4 is 0 Å². The van der Waals surface area contributed by atoms with E-state index >= 15 is 0 Å². The third-order valence-electron chi connectivity index (χ3n) is 2.62. The largest absolute Gasteiger partial charge is 0.394 e. The Kier molecular flexibility index (Phi) is 2.74. The molecular formula is C9H16O6. The summed E-state index contributed by atoms with van der Waals surface area (Å²) in [5, 5.41) is 27.9. The summed E-state index contributed by atoms with van der Waals surface area (Å²) in [6.07, 6.45) is -4.26. The maximum Gasteiger partial charge on any atom is 0.190 e. The van der Waals surface area contributed by atoms with E-state index in [9.17, 15) is 10.2 Å². The van der Waals surface area contributed by atoms with Crippen molar-refractivity contribution in [3.63, 3.8) is 0 Å². The van der Waals surface area contributed by atoms with Gasteiger partial charge in [0.05, 0.1) is 6.61 Å². The van der Waals surface area contributed by atoms with E-state index in [0.717, 1.165) is 0 Å². The Balaban J connectivity index is 2.05. The van der Waals surface area contributed by atoms with Gasteiger partial charge in [-0.05, 0) is 13.8 Å². The smallest absolute Gasteiger partial charge is 0.190 e. The molecule has 6 heteroatoms. The molecule has 88 valence electrons. The van der Waals surface area contributed by atoms with Crippen molar-refractivity contribution in [1.82, 2.24) is 0 Å². The molecule has 0 aliphatic carbocycles. The Morgan fingerprint density at radius 2 is 2.00 bits per heavy atom. The summed E-state index contributed by atoms with van der Waals surface area (Å²) in [7, 11) is 0. The van der Waals surface area contributed by atoms with Crippen LogP contribution in [0.1, 0.15) is 13.8 Å². The lowest BCUT2D eigenvalue weighted by atomic mass is 10.1. The van der Waals surface area contributed by atoms with E-state index < -0.39 is 43.1 Å². The van der Waals surface area contributed by atoms with Gasteiger partial charge in [-0.15, -0.1) is 0 Å². The zero-order valence-electron chi connectivity index (χ0n) is 8.66. The number of aliphatic hydroxyl groups excluding tert-OH is 3. The van der Waals surface area contributed by atoms with Gasteiger partial charge in [0.15, 0.2) is 12.1 Å². The Bertz CT molecular complexity index is 243. The molecule has 2 heterocycles. The Morgan fingerprint density at radius 1 is 1.33 bits per heavy atom. The van der Waals surface area contributed by atoms with Crippen LogP contribution in [-0.4, -0.2) is 58.4 Å². The maximum atomic E-state index is 9.79. The van der Waals surface area contributed by atoms with Crippen molar-refractivity contribution in [3.05, 3.63) is 0 Å². The normalized spacial score (nSPS) is 45.4. The highest BCUT2D eigenvalue weighted by molar-refractivity contribution is 4.95. The molecule has 0 aromatic rings. The van der Waals surface area contributed by atoms with Crippen molar-refractivity contribution in [2.45, 2.75) is 50.3 Å². The minimum atomic E-state index is -1.12. The van der Waals surface area contributed by atoms with Gasteiger partial charge in [0.1, 0.15) is 24.4 Å². The first-order valence-corrected chi connectivity index (χ1v) is 4.93. The van der Waals surface area contributed by atoms with Gasteiger partial charge < -0.3 is 29.5 Å². The first kappa shape index (κ1) is 11.3. The van der Waals surface area contributed by atoms with Gasteiger partial charge in [-0.25, -0.2) is 0 Å². The van der Waals surface area contributed by atoms with Gasteiger partial charge in [-0.3, -0.25) is 0 Å². The van der Waals surface area contributed by atoms with E-state index in [1.54, 1.807) is 13.8 Å². The van der Waals surface area contributed by atoms with Crippen LogP contribution in [0.3, 0.4) is 0 Å². The summed E-state index contributed by atoms with van der Waals surface area (Å²) in [5.74, 6) is -0.786. The van der Waals surface area contributed by atoms with Crippen LogP contribution in [0.5, 0.6) is 0 Å². The highest BCUT2D eigenvalue weighted by atomic mass is 16.8. The van der Waals surface area contributed by atoms with Crippen molar-refractivity contribution in [2.75, 3.05) is 6.61 Å². The number of ether oxygens (including phenoxy) is 3. The molecule has 2 rings (SSSR count). The van der Waals surface area contributed by atoms with Gasteiger partial charge in [-0.1, -0.05) is 0 Å². The lowest BCUT2D eigenvalue weighted by molar-refractivity contribution is -0.227. The molecule has 2 saturated heterocycles. The van der Waals surface area contributed by atoms with E-state index in [1.807, 2.05) is 0 Å². The molecule has 0 bridgehead atoms. The fourth-order valence-electron chi connectivity index (χ4n) is 1.94. The summed E-state index contributed by atoms with van der Waals surface area (Å²) in [5.41, 5.74) is 0. The summed E-state index contributed by atoms with van der Waals surface area (Å²) < 4.78 is 16.1. The third kappa shape index (κ3) is 1.89. The maximum absolute atomic E-state index is 9.79. The number of hydrogen-bond acceptors (Lipinski definition) is 6. The van der Waals surface area contributed by atoms with E-state index in [-0.39, 0.29) is 0 Å². The van der Waals surface area contributed by atoms with Crippen LogP contribution in [0, 0.1) is 0 Å². The number of aliphatic hydroxyl groups is 3. The van der Waals surface area contributed by atoms with Crippen molar-refractivity contribution in [3.8, 4) is 0 Å². The van der Waals surface area contributed by atoms with Crippen molar-refractivity contribution in [2.24, 2.45) is 0 Å². The highest BCUT2D eigenvalue weighted by Gasteiger charge is 2.55. The third-order valence-corrected chi connectivity index (χ3v) is 2.62. The fourth-order valence-corrected chi connectivity index (χ4v) is 1.94. The molecule has 2 fully saturated rings. The average Bonchev–Trinajstić information content (AvgIpc) is 2.60. The summed E-state index contributed by atoms with van der Waals surface area (Å²) in [4.78, 5) is 0. The predicted octanol–water partition coefficient (Wildman–Crippen LogP) is -1.42. The highest BCUT2D eigenvalue weighted by Crippen LogP contribution is 2.38. The molecule has 0 aromatic carbocycles. The molecule has 0 aromatic heterocycles. The minimum Gasteiger partial charge on any atom is -0.394 e. The second-order valence-corrected chi connectivity index (χ2v) is 4.31. The zero-order chi connectivity index (χ0) is 11.2. The molecule has 6 nitrogen and oxygen atoms in total. The van der Waals surface area contributed by atoms with Gasteiger partial charge in [0.25, 0.3) is 0 Å². The van der Waals surface area contributed by atoms with E-state index in [4.69, 9.17) is 19.3 Å². The molecule has 0 spiro atoms. The summed E-state index contributed by atoms with van der Waals surface area (Å²) in [6, 6.07) is 0. The van der Waals surface area contributed by atoms with Gasteiger partial charge >= 0.3 is 0 Å². The molecule has 0 amide bonds. The van der Waals surface area contributed by atoms with Crippen LogP contribution < -0.4 is 0 Å². The molecule has 5 atom stereocenters. The topological polar surface area (TPSA) is 88.4 Å². The lowest BCUT2D eigenvalue weighted by Gasteiger charge is -2.24. The predicted molar refractivity (Wildman–Crippen MR) is 47.8 cm³/mol. The fraction of sp³-hybridized carbons (Fsp3) is 1.00. The van der Waals surface area contributed by atoms with Crippen LogP contribution in [-0.2, 0) is 14.2 Å². The average molecular weight is 220 g/mol. The van der Waals surface area contributed by atoms with E-state index in [1.165, 1.54) is 0 Å². The van der Waals surface area contributed by atoms with Crippen LogP contribution in [0.15, 0.2) is 0 Å². The standard InChI is InChI=1S/C9H16O6/c1-9(2)14-7-5(12)6(4(11)3-10)13-8(7)15-9/h4-8,10-12H,3H2,1-2H3/t4-,5-,6+,7+,8+/m1/s1. The van der Waals surface area contributed by atoms with Crippen LogP contribution in [0.2, 0.25) is 0 Å². The number of fused-ring (bicyclic) bond motifs is 1. The molecule has 2 aliphatic rings. The monoisotopic (exact) mass is 220 g/mol. The first-order chi connectivity index (χ1) is 6.94. The quantitative estimate of drug-likeness (QED) is 0.529. The molecule has 15 heavy (non-hydrogen) atoms. The number of hydrogen-bond donors (Lipinski definition) is 3. The SMILES string of the molecule is CC1(C)O[C@@H]2O[C@@H]([C@H](O)CO)[C@@H](O)[C@@H]2O1. The Morgan fingerprint density at radius 3 is 2.53 bits per heavy atom. The van der Waals surface area contributed by atoms with Crippen molar-refractivity contribution < 1.29 is 29.5 Å². The first-order valence-electron chi connectivity index (χ1n) is 4.93. The van der Waals surface area contributed by atoms with E-state index in [0.29, 0.717) is 0 Å². The minimum absolute atomic E-state index is 0.468. The van der Waals surface area contributed by atoms with E-state index in [2.05, 4.69) is 0 Å². The Hall–Kier alpha value is -0.240. The summed E-state index contributed by atoms with van der Waals surface area (Å²) in [6.45, 7) is 2.97.